The fraction of sp³-hybridized carbons (Fsp3) is 0.700. The summed E-state index contributed by atoms with van der Waals surface area (Å²) in [6.07, 6.45) is -0.772. The van der Waals surface area contributed by atoms with E-state index in [-0.39, 0.29) is 37.3 Å². The van der Waals surface area contributed by atoms with E-state index in [0.717, 1.165) is 0 Å². The Morgan fingerprint density at radius 3 is 2.82 bits per heavy atom. The highest BCUT2D eigenvalue weighted by Crippen LogP contribution is 2.15. The van der Waals surface area contributed by atoms with Crippen LogP contribution in [0.3, 0.4) is 0 Å². The number of ether oxygens (including phenoxy) is 1. The lowest BCUT2D eigenvalue weighted by atomic mass is 10.1. The number of nitrogens with one attached hydrogen (secondary N) is 1. The molecular formula is C10H14N2O5. The van der Waals surface area contributed by atoms with Crippen LogP contribution in [0.2, 0.25) is 0 Å². The number of nitrogens with zero attached hydrogens (tertiary/aromatic N) is 1. The van der Waals surface area contributed by atoms with Gasteiger partial charge in [0.15, 0.2) is 6.10 Å². The highest BCUT2D eigenvalue weighted by molar-refractivity contribution is 5.89. The maximum atomic E-state index is 12.0. The van der Waals surface area contributed by atoms with Gasteiger partial charge < -0.3 is 20.1 Å². The normalized spacial score (nSPS) is 28.9. The third-order valence-corrected chi connectivity index (χ3v) is 2.98. The van der Waals surface area contributed by atoms with E-state index in [9.17, 15) is 14.4 Å². The van der Waals surface area contributed by atoms with Crippen molar-refractivity contribution in [2.45, 2.75) is 12.5 Å². The van der Waals surface area contributed by atoms with Crippen LogP contribution in [0.15, 0.2) is 0 Å². The Balaban J connectivity index is 1.95. The summed E-state index contributed by atoms with van der Waals surface area (Å²) in [5, 5.41) is 11.4. The number of amides is 2. The quantitative estimate of drug-likeness (QED) is 0.610. The van der Waals surface area contributed by atoms with Crippen molar-refractivity contribution in [2.24, 2.45) is 5.92 Å². The summed E-state index contributed by atoms with van der Waals surface area (Å²) < 4.78 is 5.03. The summed E-state index contributed by atoms with van der Waals surface area (Å²) in [5.74, 6) is -1.73. The van der Waals surface area contributed by atoms with Gasteiger partial charge >= 0.3 is 5.97 Å². The van der Waals surface area contributed by atoms with E-state index in [4.69, 9.17) is 9.84 Å². The minimum absolute atomic E-state index is 0.0544. The molecule has 2 unspecified atom stereocenters. The Bertz CT molecular complexity index is 357. The topological polar surface area (TPSA) is 95.9 Å². The molecule has 2 N–H and O–H groups in total. The lowest BCUT2D eigenvalue weighted by Gasteiger charge is -2.32. The molecule has 0 radical (unpaired) electrons. The average molecular weight is 242 g/mol. The molecule has 7 nitrogen and oxygen atoms in total. The molecule has 94 valence electrons. The number of hydrogen-bond donors (Lipinski definition) is 2. The molecule has 2 fully saturated rings. The summed E-state index contributed by atoms with van der Waals surface area (Å²) in [7, 11) is 0. The zero-order valence-electron chi connectivity index (χ0n) is 9.22. The Morgan fingerprint density at radius 2 is 2.24 bits per heavy atom. The number of aliphatic carboxylic acids is 1. The van der Waals surface area contributed by atoms with E-state index in [1.807, 2.05) is 0 Å². The number of morpholine rings is 1. The summed E-state index contributed by atoms with van der Waals surface area (Å²) in [6, 6.07) is 0. The molecule has 2 atom stereocenters. The Morgan fingerprint density at radius 1 is 1.47 bits per heavy atom. The molecule has 0 aromatic rings. The first-order chi connectivity index (χ1) is 8.08. The third kappa shape index (κ3) is 2.55. The molecule has 7 heteroatoms. The maximum absolute atomic E-state index is 12.0. The first-order valence-corrected chi connectivity index (χ1v) is 5.48. The zero-order valence-corrected chi connectivity index (χ0v) is 9.22. The van der Waals surface area contributed by atoms with E-state index in [1.165, 1.54) is 4.90 Å². The van der Waals surface area contributed by atoms with Crippen LogP contribution in [0.5, 0.6) is 0 Å². The van der Waals surface area contributed by atoms with Gasteiger partial charge in [0.25, 0.3) is 0 Å². The van der Waals surface area contributed by atoms with Gasteiger partial charge in [-0.05, 0) is 0 Å². The van der Waals surface area contributed by atoms with Crippen LogP contribution < -0.4 is 5.32 Å². The van der Waals surface area contributed by atoms with Crippen molar-refractivity contribution in [1.29, 1.82) is 0 Å². The third-order valence-electron chi connectivity index (χ3n) is 2.98. The number of rotatable bonds is 2. The van der Waals surface area contributed by atoms with E-state index >= 15 is 0 Å². The first kappa shape index (κ1) is 11.8. The van der Waals surface area contributed by atoms with Gasteiger partial charge in [-0.3, -0.25) is 9.59 Å². The first-order valence-electron chi connectivity index (χ1n) is 5.48. The van der Waals surface area contributed by atoms with Crippen molar-refractivity contribution in [3.63, 3.8) is 0 Å². The van der Waals surface area contributed by atoms with Gasteiger partial charge in [-0.2, -0.15) is 0 Å². The van der Waals surface area contributed by atoms with Crippen LogP contribution in [0.25, 0.3) is 0 Å². The van der Waals surface area contributed by atoms with Crippen molar-refractivity contribution >= 4 is 17.8 Å². The second-order valence-electron chi connectivity index (χ2n) is 4.19. The van der Waals surface area contributed by atoms with Crippen molar-refractivity contribution < 1.29 is 24.2 Å². The van der Waals surface area contributed by atoms with E-state index < -0.39 is 12.1 Å². The van der Waals surface area contributed by atoms with Crippen molar-refractivity contribution in [1.82, 2.24) is 10.2 Å². The van der Waals surface area contributed by atoms with Gasteiger partial charge in [0, 0.05) is 19.5 Å². The summed E-state index contributed by atoms with van der Waals surface area (Å²) in [6.45, 7) is 0.996. The molecule has 0 aliphatic carbocycles. The zero-order chi connectivity index (χ0) is 12.4. The van der Waals surface area contributed by atoms with Gasteiger partial charge in [-0.25, -0.2) is 4.79 Å². The SMILES string of the molecule is O=C1CC(C(=O)N2CCOC(C(=O)O)C2)CN1. The van der Waals surface area contributed by atoms with Crippen LogP contribution in [0.4, 0.5) is 0 Å². The van der Waals surface area contributed by atoms with Gasteiger partial charge in [0.05, 0.1) is 19.1 Å². The van der Waals surface area contributed by atoms with Crippen LogP contribution in [-0.2, 0) is 19.1 Å². The van der Waals surface area contributed by atoms with Crippen LogP contribution in [-0.4, -0.2) is 60.1 Å². The lowest BCUT2D eigenvalue weighted by molar-refractivity contribution is -0.160. The lowest BCUT2D eigenvalue weighted by Crippen LogP contribution is -2.50. The molecule has 2 amide bonds. The number of hydrogen-bond acceptors (Lipinski definition) is 4. The molecule has 2 heterocycles. The standard InChI is InChI=1S/C10H14N2O5/c13-8-3-6(4-11-8)9(14)12-1-2-17-7(5-12)10(15)16/h6-7H,1-5H2,(H,11,13)(H,15,16). The predicted molar refractivity (Wildman–Crippen MR) is 55.1 cm³/mol. The smallest absolute Gasteiger partial charge is 0.334 e. The van der Waals surface area contributed by atoms with E-state index in [0.29, 0.717) is 13.1 Å². The summed E-state index contributed by atoms with van der Waals surface area (Å²) in [5.41, 5.74) is 0. The molecule has 2 saturated heterocycles. The summed E-state index contributed by atoms with van der Waals surface area (Å²) in [4.78, 5) is 35.2. The van der Waals surface area contributed by atoms with Gasteiger partial charge in [-0.1, -0.05) is 0 Å². The van der Waals surface area contributed by atoms with Gasteiger partial charge in [-0.15, -0.1) is 0 Å². The van der Waals surface area contributed by atoms with Crippen LogP contribution in [0.1, 0.15) is 6.42 Å². The molecule has 2 aliphatic heterocycles. The molecule has 0 spiro atoms. The molecular weight excluding hydrogens is 228 g/mol. The molecule has 2 rings (SSSR count). The van der Waals surface area contributed by atoms with E-state index in [2.05, 4.69) is 5.32 Å². The highest BCUT2D eigenvalue weighted by atomic mass is 16.5. The Hall–Kier alpha value is -1.63. The predicted octanol–water partition coefficient (Wildman–Crippen LogP) is -1.57. The van der Waals surface area contributed by atoms with Crippen molar-refractivity contribution in [3.8, 4) is 0 Å². The number of carbonyl (C=O) groups is 3. The van der Waals surface area contributed by atoms with Crippen molar-refractivity contribution in [2.75, 3.05) is 26.2 Å². The molecule has 2 aliphatic rings. The number of carboxylic acids is 1. The van der Waals surface area contributed by atoms with E-state index in [1.54, 1.807) is 0 Å². The summed E-state index contributed by atoms with van der Waals surface area (Å²) >= 11 is 0. The number of carbonyl (C=O) groups excluding carboxylic acids is 2. The van der Waals surface area contributed by atoms with Crippen LogP contribution in [0, 0.1) is 5.92 Å². The fourth-order valence-electron chi connectivity index (χ4n) is 2.04. The van der Waals surface area contributed by atoms with Crippen LogP contribution >= 0.6 is 0 Å². The molecule has 0 aromatic carbocycles. The maximum Gasteiger partial charge on any atom is 0.334 e. The fourth-order valence-corrected chi connectivity index (χ4v) is 2.04. The average Bonchev–Trinajstić information content (AvgIpc) is 2.75. The largest absolute Gasteiger partial charge is 0.479 e. The van der Waals surface area contributed by atoms with Gasteiger partial charge in [0.2, 0.25) is 11.8 Å². The molecule has 0 saturated carbocycles. The minimum atomic E-state index is -1.07. The van der Waals surface area contributed by atoms with Crippen molar-refractivity contribution in [3.05, 3.63) is 0 Å². The monoisotopic (exact) mass is 242 g/mol. The molecule has 0 bridgehead atoms. The molecule has 17 heavy (non-hydrogen) atoms. The number of carboxylic acid groups (broad SMARTS) is 1. The molecule has 0 aromatic heterocycles. The minimum Gasteiger partial charge on any atom is -0.479 e. The Labute approximate surface area is 97.7 Å². The van der Waals surface area contributed by atoms with Gasteiger partial charge in [0.1, 0.15) is 0 Å². The second kappa shape index (κ2) is 4.70. The second-order valence-corrected chi connectivity index (χ2v) is 4.19. The highest BCUT2D eigenvalue weighted by Gasteiger charge is 2.35. The Kier molecular flexibility index (Phi) is 3.28.